The first kappa shape index (κ1) is 16.9. The zero-order chi connectivity index (χ0) is 13.4. The van der Waals surface area contributed by atoms with E-state index in [1.165, 1.54) is 0 Å². The molecule has 0 aliphatic rings. The summed E-state index contributed by atoms with van der Waals surface area (Å²) in [6.45, 7) is 16.5. The van der Waals surface area contributed by atoms with Gasteiger partial charge in [0, 0.05) is 25.2 Å². The van der Waals surface area contributed by atoms with Crippen molar-refractivity contribution >= 4 is 0 Å². The molecule has 0 fully saturated rings. The first-order valence-electron chi connectivity index (χ1n) is 6.92. The van der Waals surface area contributed by atoms with Crippen molar-refractivity contribution in [3.63, 3.8) is 0 Å². The SMILES string of the molecule is CCN(C(C)COC)C(C)C(C)CNC(C)C. The molecule has 3 heteroatoms. The minimum atomic E-state index is 0.487. The van der Waals surface area contributed by atoms with Crippen LogP contribution in [-0.2, 0) is 4.74 Å². The van der Waals surface area contributed by atoms with Crippen molar-refractivity contribution in [2.75, 3.05) is 26.8 Å². The lowest BCUT2D eigenvalue weighted by atomic mass is 10.00. The third-order valence-corrected chi connectivity index (χ3v) is 3.53. The predicted molar refractivity (Wildman–Crippen MR) is 75.5 cm³/mol. The number of nitrogens with zero attached hydrogens (tertiary/aromatic N) is 1. The van der Waals surface area contributed by atoms with Crippen LogP contribution < -0.4 is 5.32 Å². The minimum Gasteiger partial charge on any atom is -0.383 e. The molecule has 0 aromatic carbocycles. The smallest absolute Gasteiger partial charge is 0.0615 e. The first-order chi connectivity index (χ1) is 7.93. The van der Waals surface area contributed by atoms with Gasteiger partial charge in [0.15, 0.2) is 0 Å². The number of likely N-dealkylation sites (N-methyl/N-ethyl adjacent to an activating group) is 1. The quantitative estimate of drug-likeness (QED) is 0.674. The predicted octanol–water partition coefficient (Wildman–Crippen LogP) is 2.37. The second kappa shape index (κ2) is 8.90. The highest BCUT2D eigenvalue weighted by Gasteiger charge is 2.23. The Morgan fingerprint density at radius 1 is 1.12 bits per heavy atom. The monoisotopic (exact) mass is 244 g/mol. The Kier molecular flexibility index (Phi) is 8.83. The van der Waals surface area contributed by atoms with Crippen LogP contribution in [0.2, 0.25) is 0 Å². The molecule has 0 saturated carbocycles. The Bertz CT molecular complexity index is 185. The largest absolute Gasteiger partial charge is 0.383 e. The number of nitrogens with one attached hydrogen (secondary N) is 1. The third-order valence-electron chi connectivity index (χ3n) is 3.53. The second-order valence-electron chi connectivity index (χ2n) is 5.42. The van der Waals surface area contributed by atoms with Gasteiger partial charge in [-0.05, 0) is 32.9 Å². The van der Waals surface area contributed by atoms with Crippen LogP contribution in [0.5, 0.6) is 0 Å². The number of hydrogen-bond donors (Lipinski definition) is 1. The normalized spacial score (nSPS) is 17.5. The van der Waals surface area contributed by atoms with Crippen molar-refractivity contribution in [2.45, 2.75) is 59.7 Å². The third kappa shape index (κ3) is 6.39. The molecule has 0 rings (SSSR count). The van der Waals surface area contributed by atoms with Crippen LogP contribution >= 0.6 is 0 Å². The summed E-state index contributed by atoms with van der Waals surface area (Å²) in [5, 5.41) is 3.52. The van der Waals surface area contributed by atoms with Crippen molar-refractivity contribution in [2.24, 2.45) is 5.92 Å². The van der Waals surface area contributed by atoms with E-state index in [0.29, 0.717) is 24.0 Å². The van der Waals surface area contributed by atoms with Gasteiger partial charge in [0.1, 0.15) is 0 Å². The number of hydrogen-bond acceptors (Lipinski definition) is 3. The molecular formula is C14H32N2O. The zero-order valence-electron chi connectivity index (χ0n) is 12.8. The highest BCUT2D eigenvalue weighted by Crippen LogP contribution is 2.14. The molecule has 17 heavy (non-hydrogen) atoms. The Labute approximate surface area is 108 Å². The van der Waals surface area contributed by atoms with E-state index in [1.54, 1.807) is 7.11 Å². The topological polar surface area (TPSA) is 24.5 Å². The van der Waals surface area contributed by atoms with Gasteiger partial charge in [-0.25, -0.2) is 0 Å². The molecule has 0 amide bonds. The van der Waals surface area contributed by atoms with Gasteiger partial charge >= 0.3 is 0 Å². The second-order valence-corrected chi connectivity index (χ2v) is 5.42. The van der Waals surface area contributed by atoms with Gasteiger partial charge in [0.05, 0.1) is 6.61 Å². The molecule has 0 aliphatic heterocycles. The highest BCUT2D eigenvalue weighted by atomic mass is 16.5. The average molecular weight is 244 g/mol. The molecule has 3 nitrogen and oxygen atoms in total. The lowest BCUT2D eigenvalue weighted by Gasteiger charge is -2.37. The first-order valence-corrected chi connectivity index (χ1v) is 6.92. The molecule has 3 unspecified atom stereocenters. The maximum atomic E-state index is 5.26. The maximum absolute atomic E-state index is 5.26. The summed E-state index contributed by atoms with van der Waals surface area (Å²) in [7, 11) is 1.78. The molecular weight excluding hydrogens is 212 g/mol. The summed E-state index contributed by atoms with van der Waals surface area (Å²) in [6, 6.07) is 1.63. The molecule has 1 N–H and O–H groups in total. The van der Waals surface area contributed by atoms with Gasteiger partial charge in [-0.1, -0.05) is 27.7 Å². The molecule has 0 spiro atoms. The van der Waals surface area contributed by atoms with Crippen LogP contribution in [-0.4, -0.2) is 49.8 Å². The van der Waals surface area contributed by atoms with Crippen LogP contribution in [0.3, 0.4) is 0 Å². The van der Waals surface area contributed by atoms with Gasteiger partial charge in [-0.2, -0.15) is 0 Å². The van der Waals surface area contributed by atoms with E-state index < -0.39 is 0 Å². The van der Waals surface area contributed by atoms with E-state index in [1.807, 2.05) is 0 Å². The highest BCUT2D eigenvalue weighted by molar-refractivity contribution is 4.78. The van der Waals surface area contributed by atoms with Crippen LogP contribution in [0.15, 0.2) is 0 Å². The minimum absolute atomic E-state index is 0.487. The van der Waals surface area contributed by atoms with Crippen molar-refractivity contribution in [1.82, 2.24) is 10.2 Å². The fourth-order valence-corrected chi connectivity index (χ4v) is 2.26. The van der Waals surface area contributed by atoms with Crippen LogP contribution in [0, 0.1) is 5.92 Å². The summed E-state index contributed by atoms with van der Waals surface area (Å²) in [6.07, 6.45) is 0. The van der Waals surface area contributed by atoms with Gasteiger partial charge in [-0.15, -0.1) is 0 Å². The fourth-order valence-electron chi connectivity index (χ4n) is 2.26. The fraction of sp³-hybridized carbons (Fsp3) is 1.00. The summed E-state index contributed by atoms with van der Waals surface area (Å²) < 4.78 is 5.26. The van der Waals surface area contributed by atoms with Gasteiger partial charge in [-0.3, -0.25) is 4.90 Å². The van der Waals surface area contributed by atoms with Crippen LogP contribution in [0.1, 0.15) is 41.5 Å². The standard InChI is InChI=1S/C14H32N2O/c1-8-16(13(5)10-17-7)14(6)12(4)9-15-11(2)3/h11-15H,8-10H2,1-7H3. The van der Waals surface area contributed by atoms with E-state index in [4.69, 9.17) is 4.74 Å². The van der Waals surface area contributed by atoms with E-state index in [2.05, 4.69) is 51.8 Å². The van der Waals surface area contributed by atoms with Crippen molar-refractivity contribution in [3.8, 4) is 0 Å². The molecule has 0 aromatic rings. The molecule has 104 valence electrons. The molecule has 0 aliphatic carbocycles. The molecule has 0 heterocycles. The van der Waals surface area contributed by atoms with Crippen molar-refractivity contribution in [3.05, 3.63) is 0 Å². The summed E-state index contributed by atoms with van der Waals surface area (Å²) >= 11 is 0. The molecule has 0 radical (unpaired) electrons. The van der Waals surface area contributed by atoms with Crippen molar-refractivity contribution < 1.29 is 4.74 Å². The Balaban J connectivity index is 4.25. The Morgan fingerprint density at radius 2 is 1.71 bits per heavy atom. The van der Waals surface area contributed by atoms with Gasteiger partial charge < -0.3 is 10.1 Å². The number of ether oxygens (including phenoxy) is 1. The Hall–Kier alpha value is -0.120. The van der Waals surface area contributed by atoms with E-state index in [0.717, 1.165) is 19.7 Å². The lowest BCUT2D eigenvalue weighted by molar-refractivity contribution is 0.0603. The maximum Gasteiger partial charge on any atom is 0.0615 e. The van der Waals surface area contributed by atoms with E-state index in [-0.39, 0.29) is 0 Å². The summed E-state index contributed by atoms with van der Waals surface area (Å²) in [5.74, 6) is 0.650. The van der Waals surface area contributed by atoms with Crippen LogP contribution in [0.4, 0.5) is 0 Å². The molecule has 0 aromatic heterocycles. The number of rotatable bonds is 9. The van der Waals surface area contributed by atoms with Gasteiger partial charge in [0.25, 0.3) is 0 Å². The van der Waals surface area contributed by atoms with Crippen molar-refractivity contribution in [1.29, 1.82) is 0 Å². The Morgan fingerprint density at radius 3 is 2.12 bits per heavy atom. The van der Waals surface area contributed by atoms with Crippen LogP contribution in [0.25, 0.3) is 0 Å². The zero-order valence-corrected chi connectivity index (χ0v) is 12.8. The molecule has 0 saturated heterocycles. The lowest BCUT2D eigenvalue weighted by Crippen LogP contribution is -2.47. The summed E-state index contributed by atoms with van der Waals surface area (Å²) in [4.78, 5) is 2.52. The number of methoxy groups -OCH3 is 1. The van der Waals surface area contributed by atoms with Gasteiger partial charge in [0.2, 0.25) is 0 Å². The molecule has 0 bridgehead atoms. The average Bonchev–Trinajstić information content (AvgIpc) is 2.26. The van der Waals surface area contributed by atoms with E-state index in [9.17, 15) is 0 Å². The molecule has 3 atom stereocenters. The summed E-state index contributed by atoms with van der Waals surface area (Å²) in [5.41, 5.74) is 0. The van der Waals surface area contributed by atoms with E-state index >= 15 is 0 Å².